The van der Waals surface area contributed by atoms with Crippen LogP contribution in [0.25, 0.3) is 94.3 Å². The van der Waals surface area contributed by atoms with E-state index in [0.29, 0.717) is 23.4 Å². The van der Waals surface area contributed by atoms with Crippen LogP contribution in [0, 0.1) is 6.92 Å². The number of hydrogen-bond acceptors (Lipinski definition) is 3. The number of aromatic nitrogens is 4. The standard InChI is InChI=1S/C51H38N4/c1-32(2)38-22-12-13-23-39(38)43-31-45-44-29-36-20-10-11-21-37(36)30-48(44)55(47(45)28-33(43)3)46-27-15-24-40-41(46)25-14-26-42(40)51-53-49(34-16-6-4-7-17-34)52-50(54-51)35-18-8-5-9-19-35/h4-32H,1-3H3. The molecule has 0 spiro atoms. The van der Waals surface area contributed by atoms with Gasteiger partial charge < -0.3 is 4.57 Å². The molecule has 0 aliphatic heterocycles. The summed E-state index contributed by atoms with van der Waals surface area (Å²) in [6.07, 6.45) is 0. The van der Waals surface area contributed by atoms with Crippen molar-refractivity contribution < 1.29 is 0 Å². The summed E-state index contributed by atoms with van der Waals surface area (Å²) in [5.41, 5.74) is 11.5. The van der Waals surface area contributed by atoms with Crippen LogP contribution in [0.3, 0.4) is 0 Å². The summed E-state index contributed by atoms with van der Waals surface area (Å²) in [6.45, 7) is 6.81. The minimum atomic E-state index is 0.415. The molecule has 0 bridgehead atoms. The molecule has 0 fully saturated rings. The summed E-state index contributed by atoms with van der Waals surface area (Å²) in [4.78, 5) is 15.2. The molecule has 4 nitrogen and oxygen atoms in total. The third kappa shape index (κ3) is 5.57. The lowest BCUT2D eigenvalue weighted by Gasteiger charge is -2.17. The van der Waals surface area contributed by atoms with Gasteiger partial charge in [-0.15, -0.1) is 0 Å². The molecule has 0 aliphatic carbocycles. The number of aryl methyl sites for hydroxylation is 1. The van der Waals surface area contributed by atoms with Gasteiger partial charge in [0.1, 0.15) is 0 Å². The Kier molecular flexibility index (Phi) is 7.85. The van der Waals surface area contributed by atoms with Crippen LogP contribution in [0.4, 0.5) is 0 Å². The summed E-state index contributed by atoms with van der Waals surface area (Å²) in [6, 6.07) is 60.5. The van der Waals surface area contributed by atoms with E-state index in [0.717, 1.165) is 33.2 Å². The van der Waals surface area contributed by atoms with Crippen molar-refractivity contribution in [2.24, 2.45) is 0 Å². The maximum atomic E-state index is 5.12. The Morgan fingerprint density at radius 3 is 1.67 bits per heavy atom. The van der Waals surface area contributed by atoms with Gasteiger partial charge in [0.15, 0.2) is 17.5 Å². The second-order valence-corrected chi connectivity index (χ2v) is 14.7. The van der Waals surface area contributed by atoms with Crippen molar-refractivity contribution in [3.63, 3.8) is 0 Å². The SMILES string of the molecule is Cc1cc2c(cc1-c1ccccc1C(C)C)c1cc3ccccc3cc1n2-c1cccc2c(-c3nc(-c4ccccc4)nc(-c4ccccc4)n3)cccc12. The largest absolute Gasteiger partial charge is 0.309 e. The fraction of sp³-hybridized carbons (Fsp3) is 0.0784. The highest BCUT2D eigenvalue weighted by atomic mass is 15.0. The van der Waals surface area contributed by atoms with Gasteiger partial charge >= 0.3 is 0 Å². The molecule has 0 radical (unpaired) electrons. The summed E-state index contributed by atoms with van der Waals surface area (Å²) in [5, 5.41) is 7.14. The summed E-state index contributed by atoms with van der Waals surface area (Å²) in [7, 11) is 0. The minimum Gasteiger partial charge on any atom is -0.309 e. The highest BCUT2D eigenvalue weighted by molar-refractivity contribution is 6.16. The van der Waals surface area contributed by atoms with Gasteiger partial charge in [0, 0.05) is 32.8 Å². The molecule has 10 aromatic rings. The molecule has 0 atom stereocenters. The Bertz CT molecular complexity index is 3010. The normalized spacial score (nSPS) is 11.7. The lowest BCUT2D eigenvalue weighted by atomic mass is 9.89. The van der Waals surface area contributed by atoms with E-state index in [1.807, 2.05) is 36.4 Å². The van der Waals surface area contributed by atoms with Crippen molar-refractivity contribution in [3.8, 4) is 51.0 Å². The molecule has 10 rings (SSSR count). The molecule has 55 heavy (non-hydrogen) atoms. The molecule has 2 aromatic heterocycles. The van der Waals surface area contributed by atoms with Crippen LogP contribution in [0.5, 0.6) is 0 Å². The summed E-state index contributed by atoms with van der Waals surface area (Å²) >= 11 is 0. The summed E-state index contributed by atoms with van der Waals surface area (Å²) < 4.78 is 2.46. The molecule has 0 amide bonds. The molecule has 0 saturated heterocycles. The lowest BCUT2D eigenvalue weighted by Crippen LogP contribution is -2.01. The van der Waals surface area contributed by atoms with Crippen LogP contribution >= 0.6 is 0 Å². The van der Waals surface area contributed by atoms with Gasteiger partial charge in [-0.3, -0.25) is 0 Å². The van der Waals surface area contributed by atoms with Crippen molar-refractivity contribution in [3.05, 3.63) is 181 Å². The average Bonchev–Trinajstić information content (AvgIpc) is 3.53. The van der Waals surface area contributed by atoms with E-state index in [4.69, 9.17) is 15.0 Å². The van der Waals surface area contributed by atoms with Gasteiger partial charge in [-0.25, -0.2) is 15.0 Å². The van der Waals surface area contributed by atoms with Crippen LogP contribution in [0.2, 0.25) is 0 Å². The monoisotopic (exact) mass is 706 g/mol. The smallest absolute Gasteiger partial charge is 0.164 e. The predicted molar refractivity (Wildman–Crippen MR) is 230 cm³/mol. The van der Waals surface area contributed by atoms with Crippen molar-refractivity contribution in [2.75, 3.05) is 0 Å². The molecular weight excluding hydrogens is 669 g/mol. The number of benzene rings is 8. The van der Waals surface area contributed by atoms with Gasteiger partial charge in [-0.2, -0.15) is 0 Å². The third-order valence-electron chi connectivity index (χ3n) is 10.9. The number of nitrogens with zero attached hydrogens (tertiary/aromatic N) is 4. The molecule has 0 aliphatic rings. The number of fused-ring (bicyclic) bond motifs is 5. The Hall–Kier alpha value is -6.91. The van der Waals surface area contributed by atoms with Gasteiger partial charge in [0.2, 0.25) is 0 Å². The number of rotatable bonds is 6. The van der Waals surface area contributed by atoms with Gasteiger partial charge in [0.05, 0.1) is 16.7 Å². The minimum absolute atomic E-state index is 0.415. The first-order valence-corrected chi connectivity index (χ1v) is 19.0. The third-order valence-corrected chi connectivity index (χ3v) is 10.9. The molecule has 4 heteroatoms. The second-order valence-electron chi connectivity index (χ2n) is 14.7. The fourth-order valence-corrected chi connectivity index (χ4v) is 8.26. The quantitative estimate of drug-likeness (QED) is 0.173. The van der Waals surface area contributed by atoms with E-state index in [2.05, 4.69) is 159 Å². The van der Waals surface area contributed by atoms with E-state index < -0.39 is 0 Å². The molecular formula is C51H38N4. The van der Waals surface area contributed by atoms with Crippen LogP contribution in [-0.4, -0.2) is 19.5 Å². The van der Waals surface area contributed by atoms with E-state index in [-0.39, 0.29) is 0 Å². The Labute approximate surface area is 320 Å². The van der Waals surface area contributed by atoms with Crippen molar-refractivity contribution in [2.45, 2.75) is 26.7 Å². The molecule has 0 N–H and O–H groups in total. The zero-order valence-corrected chi connectivity index (χ0v) is 31.0. The zero-order chi connectivity index (χ0) is 37.0. The maximum Gasteiger partial charge on any atom is 0.164 e. The predicted octanol–water partition coefficient (Wildman–Crippen LogP) is 13.4. The van der Waals surface area contributed by atoms with E-state index in [1.54, 1.807) is 0 Å². The zero-order valence-electron chi connectivity index (χ0n) is 31.0. The van der Waals surface area contributed by atoms with Crippen molar-refractivity contribution in [1.82, 2.24) is 19.5 Å². The molecule has 0 saturated carbocycles. The second kappa shape index (κ2) is 13.2. The van der Waals surface area contributed by atoms with E-state index >= 15 is 0 Å². The van der Waals surface area contributed by atoms with E-state index in [1.165, 1.54) is 54.8 Å². The number of hydrogen-bond donors (Lipinski definition) is 0. The topological polar surface area (TPSA) is 43.6 Å². The first-order valence-electron chi connectivity index (χ1n) is 19.0. The molecule has 8 aromatic carbocycles. The van der Waals surface area contributed by atoms with Crippen molar-refractivity contribution in [1.29, 1.82) is 0 Å². The van der Waals surface area contributed by atoms with Gasteiger partial charge in [0.25, 0.3) is 0 Å². The highest BCUT2D eigenvalue weighted by Gasteiger charge is 2.21. The fourth-order valence-electron chi connectivity index (χ4n) is 8.26. The first kappa shape index (κ1) is 32.7. The van der Waals surface area contributed by atoms with Crippen LogP contribution in [-0.2, 0) is 0 Å². The van der Waals surface area contributed by atoms with E-state index in [9.17, 15) is 0 Å². The Morgan fingerprint density at radius 2 is 0.964 bits per heavy atom. The highest BCUT2D eigenvalue weighted by Crippen LogP contribution is 2.42. The molecule has 262 valence electrons. The van der Waals surface area contributed by atoms with Crippen molar-refractivity contribution >= 4 is 43.4 Å². The Morgan fingerprint density at radius 1 is 0.418 bits per heavy atom. The maximum absolute atomic E-state index is 5.12. The van der Waals surface area contributed by atoms with Gasteiger partial charge in [-0.05, 0) is 81.6 Å². The van der Waals surface area contributed by atoms with Crippen LogP contribution in [0.1, 0.15) is 30.9 Å². The first-order chi connectivity index (χ1) is 27.0. The summed E-state index contributed by atoms with van der Waals surface area (Å²) in [5.74, 6) is 2.36. The molecule has 0 unspecified atom stereocenters. The molecule has 2 heterocycles. The van der Waals surface area contributed by atoms with Crippen LogP contribution < -0.4 is 0 Å². The van der Waals surface area contributed by atoms with Gasteiger partial charge in [-0.1, -0.05) is 153 Å². The lowest BCUT2D eigenvalue weighted by molar-refractivity contribution is 0.869. The Balaban J connectivity index is 1.24. The van der Waals surface area contributed by atoms with Crippen LogP contribution in [0.15, 0.2) is 170 Å². The average molecular weight is 707 g/mol.